The number of primary sulfonamides is 1. The van der Waals surface area contributed by atoms with Crippen molar-refractivity contribution in [1.82, 2.24) is 9.88 Å². The van der Waals surface area contributed by atoms with Crippen molar-refractivity contribution in [2.24, 2.45) is 5.14 Å². The molecule has 1 aliphatic rings. The number of hydrogen-bond donors (Lipinski definition) is 1. The van der Waals surface area contributed by atoms with Crippen LogP contribution in [0.4, 0.5) is 4.39 Å². The summed E-state index contributed by atoms with van der Waals surface area (Å²) in [6, 6.07) is 20.6. The first-order chi connectivity index (χ1) is 20.7. The minimum absolute atomic E-state index is 0.00254. The fraction of sp³-hybridized carbons (Fsp3) is 0.344. The Morgan fingerprint density at radius 2 is 1.74 bits per heavy atom. The summed E-state index contributed by atoms with van der Waals surface area (Å²) in [6.45, 7) is 2.69. The van der Waals surface area contributed by atoms with Crippen molar-refractivity contribution in [3.05, 3.63) is 90.1 Å². The Labute approximate surface area is 251 Å². The maximum atomic E-state index is 14.5. The maximum Gasteiger partial charge on any atom is 0.238 e. The van der Waals surface area contributed by atoms with Crippen LogP contribution in [0, 0.1) is 5.82 Å². The normalized spacial score (nSPS) is 15.1. The molecule has 228 valence electrons. The van der Waals surface area contributed by atoms with Crippen LogP contribution in [0.25, 0.3) is 22.6 Å². The SMILES string of the molecule is COC1(c2cc(F)cc(OCCN(C)CCc3nc(-c4ccccc4)c(-c4cccc(S(N)(=O)=O)c4)o3)c2)CCOCC1. The second-order valence-electron chi connectivity index (χ2n) is 10.6. The zero-order valence-corrected chi connectivity index (χ0v) is 25.1. The molecule has 0 radical (unpaired) electrons. The van der Waals surface area contributed by atoms with Gasteiger partial charge in [0.25, 0.3) is 0 Å². The van der Waals surface area contributed by atoms with Crippen LogP contribution in [0.2, 0.25) is 0 Å². The molecule has 11 heteroatoms. The molecule has 0 spiro atoms. The van der Waals surface area contributed by atoms with Gasteiger partial charge in [-0.3, -0.25) is 0 Å². The summed E-state index contributed by atoms with van der Waals surface area (Å²) in [5.41, 5.74) is 2.21. The Morgan fingerprint density at radius 1 is 1.00 bits per heavy atom. The lowest BCUT2D eigenvalue weighted by atomic mass is 9.86. The molecule has 9 nitrogen and oxygen atoms in total. The highest BCUT2D eigenvalue weighted by Crippen LogP contribution is 2.37. The Hall–Kier alpha value is -3.61. The number of benzene rings is 3. The van der Waals surface area contributed by atoms with Gasteiger partial charge in [-0.15, -0.1) is 0 Å². The number of hydrogen-bond acceptors (Lipinski definition) is 8. The number of nitrogens with zero attached hydrogens (tertiary/aromatic N) is 2. The average molecular weight is 610 g/mol. The van der Waals surface area contributed by atoms with Crippen molar-refractivity contribution in [3.63, 3.8) is 0 Å². The molecule has 3 aromatic carbocycles. The number of oxazole rings is 1. The molecular formula is C32H36FN3O6S. The van der Waals surface area contributed by atoms with Crippen LogP contribution in [0.5, 0.6) is 5.75 Å². The largest absolute Gasteiger partial charge is 0.492 e. The van der Waals surface area contributed by atoms with Crippen molar-refractivity contribution in [1.29, 1.82) is 0 Å². The number of rotatable bonds is 12. The highest BCUT2D eigenvalue weighted by atomic mass is 32.2. The molecule has 4 aromatic rings. The number of aromatic nitrogens is 1. The number of methoxy groups -OCH3 is 1. The summed E-state index contributed by atoms with van der Waals surface area (Å²) in [6.07, 6.45) is 1.82. The summed E-state index contributed by atoms with van der Waals surface area (Å²) in [4.78, 5) is 6.83. The third kappa shape index (κ3) is 7.49. The third-order valence-electron chi connectivity index (χ3n) is 7.68. The monoisotopic (exact) mass is 609 g/mol. The summed E-state index contributed by atoms with van der Waals surface area (Å²) in [5, 5.41) is 5.36. The highest BCUT2D eigenvalue weighted by molar-refractivity contribution is 7.89. The zero-order valence-electron chi connectivity index (χ0n) is 24.3. The molecule has 0 bridgehead atoms. The first-order valence-electron chi connectivity index (χ1n) is 14.1. The van der Waals surface area contributed by atoms with Crippen molar-refractivity contribution in [3.8, 4) is 28.3 Å². The van der Waals surface area contributed by atoms with E-state index in [-0.39, 0.29) is 10.7 Å². The van der Waals surface area contributed by atoms with E-state index < -0.39 is 15.6 Å². The molecule has 0 aliphatic carbocycles. The maximum absolute atomic E-state index is 14.5. The van der Waals surface area contributed by atoms with Crippen molar-refractivity contribution < 1.29 is 31.4 Å². The lowest BCUT2D eigenvalue weighted by Gasteiger charge is -2.36. The van der Waals surface area contributed by atoms with E-state index in [9.17, 15) is 12.8 Å². The lowest BCUT2D eigenvalue weighted by Crippen LogP contribution is -2.35. The molecule has 2 N–H and O–H groups in total. The molecule has 5 rings (SSSR count). The topological polar surface area (TPSA) is 117 Å². The van der Waals surface area contributed by atoms with Crippen LogP contribution in [-0.4, -0.2) is 65.4 Å². The Kier molecular flexibility index (Phi) is 9.58. The van der Waals surface area contributed by atoms with Gasteiger partial charge >= 0.3 is 0 Å². The Morgan fingerprint density at radius 3 is 2.47 bits per heavy atom. The fourth-order valence-electron chi connectivity index (χ4n) is 5.21. The van der Waals surface area contributed by atoms with Gasteiger partial charge in [-0.25, -0.2) is 22.9 Å². The molecule has 0 unspecified atom stereocenters. The van der Waals surface area contributed by atoms with Gasteiger partial charge in [0.2, 0.25) is 10.0 Å². The van der Waals surface area contributed by atoms with E-state index in [1.807, 2.05) is 43.4 Å². The molecule has 0 saturated carbocycles. The van der Waals surface area contributed by atoms with E-state index in [0.717, 1.165) is 11.1 Å². The summed E-state index contributed by atoms with van der Waals surface area (Å²) >= 11 is 0. The second-order valence-corrected chi connectivity index (χ2v) is 12.2. The summed E-state index contributed by atoms with van der Waals surface area (Å²) in [5.74, 6) is 1.07. The zero-order chi connectivity index (χ0) is 30.5. The molecule has 0 atom stereocenters. The molecule has 1 fully saturated rings. The Balaban J connectivity index is 1.24. The lowest BCUT2D eigenvalue weighted by molar-refractivity contribution is -0.0950. The quantitative estimate of drug-likeness (QED) is 0.239. The van der Waals surface area contributed by atoms with Gasteiger partial charge in [-0.2, -0.15) is 0 Å². The third-order valence-corrected chi connectivity index (χ3v) is 8.59. The smallest absolute Gasteiger partial charge is 0.238 e. The summed E-state index contributed by atoms with van der Waals surface area (Å²) < 4.78 is 61.8. The van der Waals surface area contributed by atoms with Gasteiger partial charge in [0, 0.05) is 69.9 Å². The number of nitrogens with two attached hydrogens (primary N) is 1. The minimum Gasteiger partial charge on any atom is -0.492 e. The van der Waals surface area contributed by atoms with Crippen LogP contribution < -0.4 is 9.88 Å². The van der Waals surface area contributed by atoms with Gasteiger partial charge in [-0.05, 0) is 36.9 Å². The van der Waals surface area contributed by atoms with Crippen molar-refractivity contribution >= 4 is 10.0 Å². The fourth-order valence-corrected chi connectivity index (χ4v) is 5.77. The number of sulfonamides is 1. The highest BCUT2D eigenvalue weighted by Gasteiger charge is 2.35. The molecule has 1 aliphatic heterocycles. The van der Waals surface area contributed by atoms with Gasteiger partial charge in [0.15, 0.2) is 11.7 Å². The van der Waals surface area contributed by atoms with Crippen LogP contribution in [0.3, 0.4) is 0 Å². The molecule has 2 heterocycles. The van der Waals surface area contributed by atoms with Crippen LogP contribution in [-0.2, 0) is 31.5 Å². The van der Waals surface area contributed by atoms with E-state index in [2.05, 4.69) is 4.90 Å². The Bertz CT molecular complexity index is 1640. The van der Waals surface area contributed by atoms with E-state index in [4.69, 9.17) is 28.8 Å². The standard InChI is InChI=1S/C32H36FN3O6S/c1-36(15-18-41-27-21-25(20-26(33)22-27)32(39-2)12-16-40-17-13-32)14-11-29-35-30(23-7-4-3-5-8-23)31(42-29)24-9-6-10-28(19-24)43(34,37)38/h3-10,19-22H,11-18H2,1-2H3,(H2,34,37,38). The number of likely N-dealkylation sites (N-methyl/N-ethyl adjacent to an activating group) is 1. The predicted molar refractivity (Wildman–Crippen MR) is 161 cm³/mol. The molecule has 0 amide bonds. The van der Waals surface area contributed by atoms with Crippen molar-refractivity contribution in [2.75, 3.05) is 47.1 Å². The number of ether oxygens (including phenoxy) is 3. The van der Waals surface area contributed by atoms with Gasteiger partial charge < -0.3 is 23.5 Å². The number of halogens is 1. The summed E-state index contributed by atoms with van der Waals surface area (Å²) in [7, 11) is -0.278. The van der Waals surface area contributed by atoms with E-state index in [1.54, 1.807) is 19.2 Å². The van der Waals surface area contributed by atoms with Crippen molar-refractivity contribution in [2.45, 2.75) is 29.8 Å². The molecular weight excluding hydrogens is 573 g/mol. The van der Waals surface area contributed by atoms with Crippen LogP contribution in [0.1, 0.15) is 24.3 Å². The first kappa shape index (κ1) is 30.8. The van der Waals surface area contributed by atoms with E-state index in [0.29, 0.717) is 80.8 Å². The molecule has 43 heavy (non-hydrogen) atoms. The average Bonchev–Trinajstić information content (AvgIpc) is 3.45. The van der Waals surface area contributed by atoms with Crippen LogP contribution >= 0.6 is 0 Å². The van der Waals surface area contributed by atoms with Gasteiger partial charge in [0.05, 0.1) is 10.5 Å². The van der Waals surface area contributed by atoms with Gasteiger partial charge in [0.1, 0.15) is 23.9 Å². The molecule has 1 saturated heterocycles. The van der Waals surface area contributed by atoms with E-state index >= 15 is 0 Å². The second kappa shape index (κ2) is 13.4. The van der Waals surface area contributed by atoms with Gasteiger partial charge in [-0.1, -0.05) is 42.5 Å². The predicted octanol–water partition coefficient (Wildman–Crippen LogP) is 5.00. The first-order valence-corrected chi connectivity index (χ1v) is 15.7. The minimum atomic E-state index is -3.88. The van der Waals surface area contributed by atoms with E-state index in [1.165, 1.54) is 24.3 Å². The van der Waals surface area contributed by atoms with Crippen LogP contribution in [0.15, 0.2) is 82.1 Å². The molecule has 1 aromatic heterocycles.